The van der Waals surface area contributed by atoms with E-state index >= 15 is 0 Å². The molecule has 4 aliphatic heterocycles. The second-order valence-electron chi connectivity index (χ2n) is 17.5. The van der Waals surface area contributed by atoms with Gasteiger partial charge >= 0.3 is 11.9 Å². The minimum absolute atomic E-state index is 0.0502. The summed E-state index contributed by atoms with van der Waals surface area (Å²) in [5.74, 6) is -0.133. The molecule has 4 heterocycles. The SMILES string of the molecule is O=C(/C=C/C(=O)OC1(SCCCN2CCCCCC2)CN=C(c2ccccc2Cl)c2cc(Cl)ccc2N1)OC1(SCCCN2CCCCCC2)CN=C(c2ccccc2Cl)c2cc(Cl)ccc2N1. The lowest BCUT2D eigenvalue weighted by atomic mass is 10.0. The van der Waals surface area contributed by atoms with Gasteiger partial charge in [0.25, 0.3) is 10.1 Å². The van der Waals surface area contributed by atoms with Crippen LogP contribution in [0.15, 0.2) is 107 Å². The molecule has 10 nitrogen and oxygen atoms in total. The fraction of sp³-hybridized carbons (Fsp3) is 0.423. The molecule has 360 valence electrons. The summed E-state index contributed by atoms with van der Waals surface area (Å²) in [6, 6.07) is 26.0. The summed E-state index contributed by atoms with van der Waals surface area (Å²) >= 11 is 29.6. The van der Waals surface area contributed by atoms with E-state index in [0.29, 0.717) is 54.4 Å². The van der Waals surface area contributed by atoms with Crippen LogP contribution in [-0.2, 0) is 19.1 Å². The molecule has 0 bridgehead atoms. The van der Waals surface area contributed by atoms with Gasteiger partial charge in [-0.25, -0.2) is 9.59 Å². The van der Waals surface area contributed by atoms with Crippen molar-refractivity contribution in [2.24, 2.45) is 9.98 Å². The average molecular weight is 1040 g/mol. The number of carbonyl (C=O) groups is 2. The van der Waals surface area contributed by atoms with E-state index in [0.717, 1.165) is 86.5 Å². The molecular weight excluding hydrogens is 979 g/mol. The minimum atomic E-state index is -1.35. The first kappa shape index (κ1) is 50.7. The summed E-state index contributed by atoms with van der Waals surface area (Å²) in [6.45, 7) is 6.34. The van der Waals surface area contributed by atoms with Gasteiger partial charge in [-0.05, 0) is 126 Å². The van der Waals surface area contributed by atoms with E-state index in [2.05, 4.69) is 20.4 Å². The normalized spacial score (nSPS) is 21.4. The van der Waals surface area contributed by atoms with Crippen molar-refractivity contribution in [3.05, 3.63) is 139 Å². The highest BCUT2D eigenvalue weighted by Crippen LogP contribution is 2.40. The zero-order chi connectivity index (χ0) is 47.4. The number of nitrogens with one attached hydrogen (secondary N) is 2. The summed E-state index contributed by atoms with van der Waals surface area (Å²) < 4.78 is 12.8. The lowest BCUT2D eigenvalue weighted by Gasteiger charge is -2.33. The molecule has 0 saturated carbocycles. The van der Waals surface area contributed by atoms with Gasteiger partial charge in [-0.1, -0.05) is 132 Å². The first-order valence-electron chi connectivity index (χ1n) is 23.7. The minimum Gasteiger partial charge on any atom is -0.424 e. The number of carbonyl (C=O) groups excluding carboxylic acids is 2. The summed E-state index contributed by atoms with van der Waals surface area (Å²) in [7, 11) is 0. The van der Waals surface area contributed by atoms with Crippen molar-refractivity contribution in [1.82, 2.24) is 9.80 Å². The lowest BCUT2D eigenvalue weighted by Crippen LogP contribution is -2.43. The van der Waals surface area contributed by atoms with Gasteiger partial charge in [-0.15, -0.1) is 0 Å². The number of hydrogen-bond acceptors (Lipinski definition) is 12. The Bertz CT molecular complexity index is 2330. The highest BCUT2D eigenvalue weighted by Gasteiger charge is 2.40. The van der Waals surface area contributed by atoms with Crippen LogP contribution in [0.25, 0.3) is 0 Å². The van der Waals surface area contributed by atoms with E-state index in [1.54, 1.807) is 12.1 Å². The molecule has 8 rings (SSSR count). The maximum atomic E-state index is 14.1. The number of hydrogen-bond donors (Lipinski definition) is 2. The number of rotatable bonds is 16. The number of likely N-dealkylation sites (tertiary alicyclic amines) is 2. The van der Waals surface area contributed by atoms with E-state index in [1.807, 2.05) is 72.8 Å². The Balaban J connectivity index is 1.04. The summed E-state index contributed by atoms with van der Waals surface area (Å²) in [5, 5.41) is 6.50. The Morgan fingerprint density at radius 1 is 0.559 bits per heavy atom. The van der Waals surface area contributed by atoms with E-state index in [9.17, 15) is 9.59 Å². The third-order valence-corrected chi connectivity index (χ3v) is 16.1. The van der Waals surface area contributed by atoms with Crippen LogP contribution in [0.4, 0.5) is 11.4 Å². The molecule has 0 aliphatic carbocycles. The van der Waals surface area contributed by atoms with E-state index in [1.165, 1.54) is 74.9 Å². The molecule has 0 aromatic heterocycles. The number of halogens is 4. The van der Waals surface area contributed by atoms with Crippen LogP contribution in [-0.4, -0.2) is 107 Å². The number of anilines is 2. The monoisotopic (exact) mass is 1030 g/mol. The maximum absolute atomic E-state index is 14.1. The molecule has 16 heteroatoms. The predicted molar refractivity (Wildman–Crippen MR) is 285 cm³/mol. The van der Waals surface area contributed by atoms with Crippen molar-refractivity contribution in [2.45, 2.75) is 74.3 Å². The van der Waals surface area contributed by atoms with Gasteiger partial charge < -0.3 is 29.9 Å². The number of esters is 2. The Morgan fingerprint density at radius 2 is 0.956 bits per heavy atom. The van der Waals surface area contributed by atoms with Gasteiger partial charge in [-0.3, -0.25) is 9.98 Å². The van der Waals surface area contributed by atoms with E-state index in [-0.39, 0.29) is 13.1 Å². The Morgan fingerprint density at radius 3 is 1.35 bits per heavy atom. The molecule has 4 aromatic rings. The van der Waals surface area contributed by atoms with Gasteiger partial charge in [-0.2, -0.15) is 0 Å². The third kappa shape index (κ3) is 13.6. The molecule has 2 atom stereocenters. The van der Waals surface area contributed by atoms with Gasteiger partial charge in [0, 0.05) is 77.4 Å². The molecule has 2 unspecified atom stereocenters. The van der Waals surface area contributed by atoms with E-state index in [4.69, 9.17) is 65.9 Å². The van der Waals surface area contributed by atoms with Crippen LogP contribution >= 0.6 is 69.9 Å². The molecule has 4 aliphatic rings. The standard InChI is InChI=1S/C52H58Cl4N6O4S2/c53-37-19-21-45-41(33-37)49(39-15-5-7-17-43(39)55)57-35-51(59-45,67-31-13-29-61-25-9-1-2-10-26-61)65-47(63)23-24-48(64)66-52(68-32-14-30-62-27-11-3-4-12-28-62)36-58-50(40-16-6-8-18-44(40)56)42-34-38(54)20-22-46(42)60-52/h5-8,15-24,33-34,59-60H,1-4,9-14,25-32,35-36H2/b24-23+. The van der Waals surface area contributed by atoms with Crippen LogP contribution in [0.2, 0.25) is 20.1 Å². The molecule has 0 spiro atoms. The average Bonchev–Trinajstić information content (AvgIpc) is 3.86. The number of benzodiazepines with no additional fused rings is 2. The van der Waals surface area contributed by atoms with Crippen LogP contribution in [0, 0.1) is 0 Å². The van der Waals surface area contributed by atoms with Crippen molar-refractivity contribution in [3.63, 3.8) is 0 Å². The summed E-state index contributed by atoms with van der Waals surface area (Å²) in [6.07, 6.45) is 13.9. The molecule has 2 saturated heterocycles. The number of nitrogens with zero attached hydrogens (tertiary/aromatic N) is 4. The fourth-order valence-electron chi connectivity index (χ4n) is 9.07. The third-order valence-electron chi connectivity index (χ3n) is 12.5. The fourth-order valence-corrected chi connectivity index (χ4v) is 12.0. The Labute approximate surface area is 429 Å². The van der Waals surface area contributed by atoms with Gasteiger partial charge in [0.1, 0.15) is 13.1 Å². The van der Waals surface area contributed by atoms with Crippen molar-refractivity contribution in [1.29, 1.82) is 0 Å². The summed E-state index contributed by atoms with van der Waals surface area (Å²) in [5.41, 5.74) is 5.50. The molecule has 0 amide bonds. The smallest absolute Gasteiger partial charge is 0.333 e. The molecule has 4 aromatic carbocycles. The zero-order valence-corrected chi connectivity index (χ0v) is 42.8. The second-order valence-corrected chi connectivity index (χ2v) is 21.9. The number of aliphatic imine (C=N–C) groups is 2. The van der Waals surface area contributed by atoms with Gasteiger partial charge in [0.2, 0.25) is 0 Å². The largest absolute Gasteiger partial charge is 0.424 e. The zero-order valence-electron chi connectivity index (χ0n) is 38.1. The molecule has 0 radical (unpaired) electrons. The van der Waals surface area contributed by atoms with Crippen molar-refractivity contribution in [3.8, 4) is 0 Å². The number of benzene rings is 4. The van der Waals surface area contributed by atoms with Crippen LogP contribution in [0.1, 0.15) is 86.5 Å². The predicted octanol–water partition coefficient (Wildman–Crippen LogP) is 12.5. The molecule has 2 fully saturated rings. The summed E-state index contributed by atoms with van der Waals surface area (Å²) in [4.78, 5) is 43.5. The first-order chi connectivity index (χ1) is 33.1. The van der Waals surface area contributed by atoms with E-state index < -0.39 is 22.1 Å². The van der Waals surface area contributed by atoms with Crippen molar-refractivity contribution >= 4 is 105 Å². The number of thioether (sulfide) groups is 2. The van der Waals surface area contributed by atoms with Crippen LogP contribution < -0.4 is 10.6 Å². The van der Waals surface area contributed by atoms with Crippen molar-refractivity contribution < 1.29 is 19.1 Å². The molecular formula is C52H58Cl4N6O4S2. The Hall–Kier alpha value is -3.72. The topological polar surface area (TPSA) is 108 Å². The van der Waals surface area contributed by atoms with Gasteiger partial charge in [0.05, 0.1) is 11.4 Å². The quantitative estimate of drug-likeness (QED) is 0.0487. The Kier molecular flexibility index (Phi) is 18.2. The van der Waals surface area contributed by atoms with Gasteiger partial charge in [0.15, 0.2) is 0 Å². The number of ether oxygens (including phenoxy) is 2. The maximum Gasteiger partial charge on any atom is 0.333 e. The second kappa shape index (κ2) is 24.4. The molecule has 2 N–H and O–H groups in total. The van der Waals surface area contributed by atoms with Crippen molar-refractivity contribution in [2.75, 3.05) is 74.5 Å². The number of fused-ring (bicyclic) bond motifs is 2. The lowest BCUT2D eigenvalue weighted by molar-refractivity contribution is -0.146. The highest BCUT2D eigenvalue weighted by molar-refractivity contribution is 8.00. The highest BCUT2D eigenvalue weighted by atomic mass is 35.5. The molecule has 68 heavy (non-hydrogen) atoms. The van der Waals surface area contributed by atoms with Crippen LogP contribution in [0.5, 0.6) is 0 Å². The van der Waals surface area contributed by atoms with Crippen LogP contribution in [0.3, 0.4) is 0 Å². The first-order valence-corrected chi connectivity index (χ1v) is 27.2.